The van der Waals surface area contributed by atoms with E-state index < -0.39 is 41.1 Å². The number of nitrogens with zero attached hydrogens (tertiary/aromatic N) is 1. The number of carboxylic acid groups (broad SMARTS) is 1. The summed E-state index contributed by atoms with van der Waals surface area (Å²) in [6.45, 7) is 2.77. The number of amides is 1. The van der Waals surface area contributed by atoms with Crippen LogP contribution in [0.3, 0.4) is 0 Å². The van der Waals surface area contributed by atoms with Gasteiger partial charge in [0.05, 0.1) is 22.9 Å². The number of nitrogens with one attached hydrogen (secondary N) is 1. The van der Waals surface area contributed by atoms with Crippen molar-refractivity contribution in [3.05, 3.63) is 63.8 Å². The van der Waals surface area contributed by atoms with Gasteiger partial charge >= 0.3 is 5.97 Å². The number of aromatic hydroxyl groups is 1. The maximum atomic E-state index is 14.8. The standard InChI is InChI=1S/C22H19ClF2N2O5/c1-10(22(31)32)9-26-18(29)8-13-11(2)27(16-5-6-17(28)20(25)19(13)16)21(30)12-3-4-14(23)15(24)7-12/h3-7,10,28H,8-9H2,1-2H3,(H,26,29)(H,31,32). The van der Waals surface area contributed by atoms with Crippen LogP contribution in [0.15, 0.2) is 30.3 Å². The zero-order chi connectivity index (χ0) is 23.7. The highest BCUT2D eigenvalue weighted by molar-refractivity contribution is 6.30. The van der Waals surface area contributed by atoms with Gasteiger partial charge in [0.2, 0.25) is 5.91 Å². The summed E-state index contributed by atoms with van der Waals surface area (Å²) < 4.78 is 29.9. The lowest BCUT2D eigenvalue weighted by atomic mass is 10.1. The van der Waals surface area contributed by atoms with Crippen molar-refractivity contribution in [1.82, 2.24) is 9.88 Å². The number of halogens is 3. The highest BCUT2D eigenvalue weighted by Gasteiger charge is 2.25. The predicted molar refractivity (Wildman–Crippen MR) is 113 cm³/mol. The Kier molecular flexibility index (Phi) is 6.50. The normalized spacial score (nSPS) is 12.0. The number of rotatable bonds is 6. The largest absolute Gasteiger partial charge is 0.505 e. The molecule has 0 bridgehead atoms. The highest BCUT2D eigenvalue weighted by Crippen LogP contribution is 2.33. The van der Waals surface area contributed by atoms with E-state index in [0.717, 1.165) is 16.7 Å². The number of hydrogen-bond acceptors (Lipinski definition) is 4. The minimum absolute atomic E-state index is 0.0494. The second kappa shape index (κ2) is 8.96. The molecule has 3 N–H and O–H groups in total. The van der Waals surface area contributed by atoms with E-state index in [2.05, 4.69) is 5.32 Å². The van der Waals surface area contributed by atoms with Crippen LogP contribution in [0.25, 0.3) is 10.9 Å². The Balaban J connectivity index is 2.07. The minimum Gasteiger partial charge on any atom is -0.505 e. The van der Waals surface area contributed by atoms with Crippen molar-refractivity contribution in [3.8, 4) is 5.75 Å². The molecule has 3 aromatic rings. The predicted octanol–water partition coefficient (Wildman–Crippen LogP) is 3.65. The third-order valence-corrected chi connectivity index (χ3v) is 5.45. The summed E-state index contributed by atoms with van der Waals surface area (Å²) in [5, 5.41) is 20.9. The Morgan fingerprint density at radius 1 is 1.19 bits per heavy atom. The number of fused-ring (bicyclic) bond motifs is 1. The average molecular weight is 465 g/mol. The summed E-state index contributed by atoms with van der Waals surface area (Å²) in [6.07, 6.45) is -0.371. The molecule has 1 aromatic heterocycles. The topological polar surface area (TPSA) is 109 Å². The quantitative estimate of drug-likeness (QED) is 0.516. The summed E-state index contributed by atoms with van der Waals surface area (Å²) in [6, 6.07) is 5.87. The van der Waals surface area contributed by atoms with Crippen LogP contribution in [0.4, 0.5) is 8.78 Å². The van der Waals surface area contributed by atoms with Gasteiger partial charge in [-0.2, -0.15) is 0 Å². The lowest BCUT2D eigenvalue weighted by Crippen LogP contribution is -2.32. The van der Waals surface area contributed by atoms with Gasteiger partial charge in [0.15, 0.2) is 11.6 Å². The molecule has 0 aliphatic heterocycles. The number of phenols is 1. The monoisotopic (exact) mass is 464 g/mol. The molecule has 0 aliphatic rings. The van der Waals surface area contributed by atoms with E-state index in [4.69, 9.17) is 16.7 Å². The molecule has 3 rings (SSSR count). The van der Waals surface area contributed by atoms with Gasteiger partial charge in [-0.1, -0.05) is 18.5 Å². The van der Waals surface area contributed by atoms with Gasteiger partial charge in [-0.15, -0.1) is 0 Å². The van der Waals surface area contributed by atoms with Crippen molar-refractivity contribution < 1.29 is 33.4 Å². The first kappa shape index (κ1) is 23.2. The Morgan fingerprint density at radius 2 is 1.88 bits per heavy atom. The molecule has 168 valence electrons. The van der Waals surface area contributed by atoms with Crippen LogP contribution in [0.1, 0.15) is 28.5 Å². The van der Waals surface area contributed by atoms with Crippen molar-refractivity contribution in [2.24, 2.45) is 5.92 Å². The first-order valence-electron chi connectivity index (χ1n) is 9.53. The number of aliphatic carboxylic acids is 1. The first-order valence-corrected chi connectivity index (χ1v) is 9.91. The zero-order valence-corrected chi connectivity index (χ0v) is 17.8. The third kappa shape index (κ3) is 4.29. The second-order valence-corrected chi connectivity index (χ2v) is 7.75. The van der Waals surface area contributed by atoms with Gasteiger partial charge in [-0.25, -0.2) is 8.78 Å². The Labute approximate surface area is 186 Å². The third-order valence-electron chi connectivity index (χ3n) is 5.15. The van der Waals surface area contributed by atoms with Crippen LogP contribution >= 0.6 is 11.6 Å². The van der Waals surface area contributed by atoms with E-state index >= 15 is 0 Å². The molecule has 1 amide bonds. The summed E-state index contributed by atoms with van der Waals surface area (Å²) in [7, 11) is 0. The lowest BCUT2D eigenvalue weighted by molar-refractivity contribution is -0.141. The molecule has 0 spiro atoms. The minimum atomic E-state index is -1.09. The van der Waals surface area contributed by atoms with Crippen molar-refractivity contribution in [2.75, 3.05) is 6.54 Å². The van der Waals surface area contributed by atoms with Gasteiger partial charge in [-0.05, 0) is 42.8 Å². The molecule has 0 aliphatic carbocycles. The molecule has 1 unspecified atom stereocenters. The number of hydrogen-bond donors (Lipinski definition) is 3. The van der Waals surface area contributed by atoms with E-state index in [1.165, 1.54) is 32.0 Å². The number of phenolic OH excluding ortho intramolecular Hbond substituents is 1. The number of carbonyl (C=O) groups excluding carboxylic acids is 2. The summed E-state index contributed by atoms with van der Waals surface area (Å²) >= 11 is 5.68. The number of carboxylic acids is 1. The fourth-order valence-corrected chi connectivity index (χ4v) is 3.46. The number of benzene rings is 2. The second-order valence-electron chi connectivity index (χ2n) is 7.35. The van der Waals surface area contributed by atoms with Gasteiger partial charge in [-0.3, -0.25) is 19.0 Å². The number of aromatic nitrogens is 1. The van der Waals surface area contributed by atoms with E-state index in [9.17, 15) is 28.3 Å². The molecule has 1 heterocycles. The maximum absolute atomic E-state index is 14.8. The smallest absolute Gasteiger partial charge is 0.308 e. The van der Waals surface area contributed by atoms with Gasteiger partial charge in [0.25, 0.3) is 5.91 Å². The van der Waals surface area contributed by atoms with Gasteiger partial charge in [0.1, 0.15) is 5.82 Å². The van der Waals surface area contributed by atoms with Crippen LogP contribution in [0.2, 0.25) is 5.02 Å². The van der Waals surface area contributed by atoms with E-state index in [-0.39, 0.29) is 45.7 Å². The fourth-order valence-electron chi connectivity index (χ4n) is 3.34. The number of carbonyl (C=O) groups is 3. The molecule has 7 nitrogen and oxygen atoms in total. The van der Waals surface area contributed by atoms with Crippen LogP contribution in [0, 0.1) is 24.5 Å². The molecule has 10 heteroatoms. The summed E-state index contributed by atoms with van der Waals surface area (Å²) in [5.74, 6) is -5.67. The molecule has 0 saturated heterocycles. The molecule has 0 saturated carbocycles. The van der Waals surface area contributed by atoms with Crippen molar-refractivity contribution in [2.45, 2.75) is 20.3 Å². The average Bonchev–Trinajstić information content (AvgIpc) is 3.02. The molecule has 0 radical (unpaired) electrons. The zero-order valence-electron chi connectivity index (χ0n) is 17.1. The Bertz CT molecular complexity index is 1260. The summed E-state index contributed by atoms with van der Waals surface area (Å²) in [4.78, 5) is 36.5. The summed E-state index contributed by atoms with van der Waals surface area (Å²) in [5.41, 5.74) is 0.384. The molecule has 32 heavy (non-hydrogen) atoms. The fraction of sp³-hybridized carbons (Fsp3) is 0.227. The molecule has 0 fully saturated rings. The Hall–Kier alpha value is -3.46. The van der Waals surface area contributed by atoms with E-state index in [0.29, 0.717) is 0 Å². The molecular weight excluding hydrogens is 446 g/mol. The molecule has 1 atom stereocenters. The first-order chi connectivity index (χ1) is 15.0. The van der Waals surface area contributed by atoms with Crippen LogP contribution in [-0.2, 0) is 16.0 Å². The van der Waals surface area contributed by atoms with Crippen LogP contribution in [0.5, 0.6) is 5.75 Å². The van der Waals surface area contributed by atoms with Crippen LogP contribution in [-0.4, -0.2) is 39.1 Å². The van der Waals surface area contributed by atoms with Crippen molar-refractivity contribution in [3.63, 3.8) is 0 Å². The van der Waals surface area contributed by atoms with E-state index in [1.54, 1.807) is 0 Å². The lowest BCUT2D eigenvalue weighted by Gasteiger charge is -2.10. The van der Waals surface area contributed by atoms with Crippen LogP contribution < -0.4 is 5.32 Å². The molecule has 2 aromatic carbocycles. The Morgan fingerprint density at radius 3 is 2.50 bits per heavy atom. The maximum Gasteiger partial charge on any atom is 0.308 e. The highest BCUT2D eigenvalue weighted by atomic mass is 35.5. The van der Waals surface area contributed by atoms with Crippen molar-refractivity contribution in [1.29, 1.82) is 0 Å². The van der Waals surface area contributed by atoms with Gasteiger partial charge < -0.3 is 15.5 Å². The van der Waals surface area contributed by atoms with Crippen molar-refractivity contribution >= 4 is 40.3 Å². The van der Waals surface area contributed by atoms with E-state index in [1.807, 2.05) is 0 Å². The molecular formula is C22H19ClF2N2O5. The van der Waals surface area contributed by atoms with Gasteiger partial charge in [0, 0.05) is 23.2 Å². The SMILES string of the molecule is Cc1c(CC(=O)NCC(C)C(=O)O)c2c(F)c(O)ccc2n1C(=O)c1ccc(Cl)c(F)c1.